The molecule has 6 heteroatoms. The number of hydrogen-bond acceptors (Lipinski definition) is 3. The van der Waals surface area contributed by atoms with Gasteiger partial charge in [0.1, 0.15) is 0 Å². The number of rotatable bonds is 12. The van der Waals surface area contributed by atoms with Crippen molar-refractivity contribution in [3.63, 3.8) is 0 Å². The van der Waals surface area contributed by atoms with Crippen molar-refractivity contribution in [3.05, 3.63) is 29.8 Å². The van der Waals surface area contributed by atoms with Crippen LogP contribution in [0.4, 0.5) is 14.9 Å². The van der Waals surface area contributed by atoms with E-state index in [-0.39, 0.29) is 12.7 Å². The van der Waals surface area contributed by atoms with E-state index in [0.717, 1.165) is 76.7 Å². The summed E-state index contributed by atoms with van der Waals surface area (Å²) in [7, 11) is 0. The molecular formula is C22H37FN4O. The average molecular weight is 393 g/mol. The lowest BCUT2D eigenvalue weighted by atomic mass is 10.0. The quantitative estimate of drug-likeness (QED) is 0.469. The van der Waals surface area contributed by atoms with Crippen LogP contribution in [0.1, 0.15) is 56.9 Å². The smallest absolute Gasteiger partial charge is 0.317 e. The number of unbranched alkanes of at least 4 members (excludes halogenated alkanes) is 5. The summed E-state index contributed by atoms with van der Waals surface area (Å²) in [5.41, 5.74) is 7.99. The first-order valence-electron chi connectivity index (χ1n) is 10.9. The summed E-state index contributed by atoms with van der Waals surface area (Å²) in [6.07, 6.45) is 8.81. The first-order chi connectivity index (χ1) is 13.7. The predicted octanol–water partition coefficient (Wildman–Crippen LogP) is 4.08. The number of anilines is 1. The number of nitrogens with zero attached hydrogens (tertiary/aromatic N) is 1. The molecule has 1 aliphatic heterocycles. The fraction of sp³-hybridized carbons (Fsp3) is 0.682. The number of piperidine rings is 1. The van der Waals surface area contributed by atoms with Crippen LogP contribution >= 0.6 is 0 Å². The van der Waals surface area contributed by atoms with Gasteiger partial charge < -0.3 is 21.3 Å². The lowest BCUT2D eigenvalue weighted by molar-refractivity contribution is 0.183. The molecule has 1 heterocycles. The molecule has 0 unspecified atom stereocenters. The molecule has 1 aromatic rings. The molecule has 2 amide bonds. The van der Waals surface area contributed by atoms with E-state index in [4.69, 9.17) is 5.73 Å². The molecule has 2 rings (SSSR count). The summed E-state index contributed by atoms with van der Waals surface area (Å²) in [4.78, 5) is 14.2. The summed E-state index contributed by atoms with van der Waals surface area (Å²) in [6, 6.07) is 8.94. The van der Waals surface area contributed by atoms with E-state index >= 15 is 0 Å². The summed E-state index contributed by atoms with van der Waals surface area (Å²) in [5.74, 6) is 0. The Kier molecular flexibility index (Phi) is 10.7. The Morgan fingerprint density at radius 2 is 1.68 bits per heavy atom. The van der Waals surface area contributed by atoms with Crippen LogP contribution in [-0.2, 0) is 6.42 Å². The fourth-order valence-electron chi connectivity index (χ4n) is 3.63. The molecule has 0 aromatic heterocycles. The molecule has 0 spiro atoms. The number of hydrogen-bond donors (Lipinski definition) is 3. The lowest BCUT2D eigenvalue weighted by Gasteiger charge is -2.33. The molecule has 1 aliphatic rings. The van der Waals surface area contributed by atoms with E-state index in [1.54, 1.807) is 0 Å². The minimum atomic E-state index is -0.205. The first kappa shape index (κ1) is 22.5. The predicted molar refractivity (Wildman–Crippen MR) is 114 cm³/mol. The molecular weight excluding hydrogens is 355 g/mol. The second kappa shape index (κ2) is 13.4. The number of likely N-dealkylation sites (tertiary alicyclic amines) is 1. The van der Waals surface area contributed by atoms with E-state index < -0.39 is 0 Å². The van der Waals surface area contributed by atoms with Crippen LogP contribution in [0.15, 0.2) is 24.3 Å². The SMILES string of the molecule is NCCc1ccc(NC2CCN(C(=O)NCCCCCCCCF)CC2)cc1. The largest absolute Gasteiger partial charge is 0.382 e. The molecule has 1 aromatic carbocycles. The zero-order valence-corrected chi connectivity index (χ0v) is 17.1. The maximum absolute atomic E-state index is 12.3. The van der Waals surface area contributed by atoms with Crippen molar-refractivity contribution in [1.82, 2.24) is 10.2 Å². The van der Waals surface area contributed by atoms with Crippen molar-refractivity contribution >= 4 is 11.7 Å². The molecule has 5 nitrogen and oxygen atoms in total. The van der Waals surface area contributed by atoms with Crippen LogP contribution in [0.2, 0.25) is 0 Å². The maximum atomic E-state index is 12.3. The summed E-state index contributed by atoms with van der Waals surface area (Å²) in [5, 5.41) is 6.61. The normalized spacial score (nSPS) is 14.9. The highest BCUT2D eigenvalue weighted by atomic mass is 19.1. The van der Waals surface area contributed by atoms with Gasteiger partial charge in [-0.2, -0.15) is 0 Å². The van der Waals surface area contributed by atoms with Crippen LogP contribution < -0.4 is 16.4 Å². The highest BCUT2D eigenvalue weighted by molar-refractivity contribution is 5.74. The molecule has 0 aliphatic carbocycles. The lowest BCUT2D eigenvalue weighted by Crippen LogP contribution is -2.47. The number of halogens is 1. The monoisotopic (exact) mass is 392 g/mol. The number of carbonyl (C=O) groups excluding carboxylic acids is 1. The number of amides is 2. The van der Waals surface area contributed by atoms with E-state index in [1.807, 2.05) is 4.90 Å². The molecule has 0 bridgehead atoms. The molecule has 28 heavy (non-hydrogen) atoms. The minimum absolute atomic E-state index is 0.0574. The van der Waals surface area contributed by atoms with Crippen molar-refractivity contribution < 1.29 is 9.18 Å². The van der Waals surface area contributed by atoms with Gasteiger partial charge in [0, 0.05) is 31.4 Å². The Balaban J connectivity index is 1.56. The van der Waals surface area contributed by atoms with E-state index in [1.165, 1.54) is 5.56 Å². The van der Waals surface area contributed by atoms with Gasteiger partial charge in [-0.15, -0.1) is 0 Å². The highest BCUT2D eigenvalue weighted by Crippen LogP contribution is 2.17. The van der Waals surface area contributed by atoms with Gasteiger partial charge in [0.15, 0.2) is 0 Å². The molecule has 1 saturated heterocycles. The number of nitrogens with two attached hydrogens (primary N) is 1. The molecule has 158 valence electrons. The molecule has 0 atom stereocenters. The fourth-order valence-corrected chi connectivity index (χ4v) is 3.63. The second-order valence-electron chi connectivity index (χ2n) is 7.68. The number of nitrogens with one attached hydrogen (secondary N) is 2. The minimum Gasteiger partial charge on any atom is -0.382 e. The third-order valence-electron chi connectivity index (χ3n) is 5.38. The summed E-state index contributed by atoms with van der Waals surface area (Å²) in [6.45, 7) is 2.78. The second-order valence-corrected chi connectivity index (χ2v) is 7.68. The van der Waals surface area contributed by atoms with Crippen molar-refractivity contribution in [3.8, 4) is 0 Å². The van der Waals surface area contributed by atoms with Crippen LogP contribution in [0.25, 0.3) is 0 Å². The van der Waals surface area contributed by atoms with Gasteiger partial charge >= 0.3 is 6.03 Å². The van der Waals surface area contributed by atoms with Gasteiger partial charge in [0.05, 0.1) is 6.67 Å². The maximum Gasteiger partial charge on any atom is 0.317 e. The van der Waals surface area contributed by atoms with E-state index in [9.17, 15) is 9.18 Å². The summed E-state index contributed by atoms with van der Waals surface area (Å²) < 4.78 is 12.0. The van der Waals surface area contributed by atoms with Crippen LogP contribution in [0, 0.1) is 0 Å². The van der Waals surface area contributed by atoms with Crippen LogP contribution in [0.3, 0.4) is 0 Å². The van der Waals surface area contributed by atoms with Gasteiger partial charge in [-0.1, -0.05) is 37.8 Å². The van der Waals surface area contributed by atoms with Crippen molar-refractivity contribution in [2.45, 2.75) is 63.8 Å². The third-order valence-corrected chi connectivity index (χ3v) is 5.38. The summed E-state index contributed by atoms with van der Waals surface area (Å²) >= 11 is 0. The topological polar surface area (TPSA) is 70.4 Å². The number of urea groups is 1. The standard InChI is InChI=1S/C22H37FN4O/c23-14-5-3-1-2-4-6-16-25-22(28)27-17-12-21(13-18-27)26-20-9-7-19(8-10-20)11-15-24/h7-10,21,26H,1-6,11-18,24H2,(H,25,28). The molecule has 4 N–H and O–H groups in total. The first-order valence-corrected chi connectivity index (χ1v) is 10.9. The Morgan fingerprint density at radius 3 is 2.32 bits per heavy atom. The zero-order chi connectivity index (χ0) is 20.0. The Hall–Kier alpha value is -1.82. The van der Waals surface area contributed by atoms with Gasteiger partial charge in [0.25, 0.3) is 0 Å². The Bertz CT molecular complexity index is 544. The van der Waals surface area contributed by atoms with Crippen LogP contribution in [0.5, 0.6) is 0 Å². The molecule has 1 fully saturated rings. The Morgan fingerprint density at radius 1 is 1.04 bits per heavy atom. The number of benzene rings is 1. The van der Waals surface area contributed by atoms with Gasteiger partial charge in [-0.05, 0) is 56.3 Å². The third kappa shape index (κ3) is 8.46. The van der Waals surface area contributed by atoms with Crippen molar-refractivity contribution in [2.75, 3.05) is 38.2 Å². The average Bonchev–Trinajstić information content (AvgIpc) is 2.72. The van der Waals surface area contributed by atoms with Crippen LogP contribution in [-0.4, -0.2) is 49.8 Å². The molecule has 0 saturated carbocycles. The van der Waals surface area contributed by atoms with Gasteiger partial charge in [-0.25, -0.2) is 4.79 Å². The van der Waals surface area contributed by atoms with Gasteiger partial charge in [-0.3, -0.25) is 4.39 Å². The van der Waals surface area contributed by atoms with Gasteiger partial charge in [0.2, 0.25) is 0 Å². The zero-order valence-electron chi connectivity index (χ0n) is 17.1. The number of alkyl halides is 1. The van der Waals surface area contributed by atoms with Crippen molar-refractivity contribution in [2.24, 2.45) is 5.73 Å². The Labute approximate surface area is 169 Å². The molecule has 0 radical (unpaired) electrons. The van der Waals surface area contributed by atoms with E-state index in [2.05, 4.69) is 34.9 Å². The van der Waals surface area contributed by atoms with E-state index in [0.29, 0.717) is 19.0 Å². The van der Waals surface area contributed by atoms with Crippen molar-refractivity contribution in [1.29, 1.82) is 0 Å². The number of carbonyl (C=O) groups is 1. The highest BCUT2D eigenvalue weighted by Gasteiger charge is 2.22.